The smallest absolute Gasteiger partial charge is 0.322 e. The normalized spacial score (nSPS) is 21.0. The first kappa shape index (κ1) is 18.5. The molecule has 0 amide bonds. The number of nitrogens with zero attached hydrogens (tertiary/aromatic N) is 1. The summed E-state index contributed by atoms with van der Waals surface area (Å²) in [4.78, 5) is 11.7. The minimum absolute atomic E-state index is 0.0648. The predicted octanol–water partition coefficient (Wildman–Crippen LogP) is 3.37. The van der Waals surface area contributed by atoms with Crippen LogP contribution in [0.5, 0.6) is 0 Å². The van der Waals surface area contributed by atoms with Crippen LogP contribution < -0.4 is 0 Å². The van der Waals surface area contributed by atoms with Gasteiger partial charge in [-0.05, 0) is 54.7 Å². The Labute approximate surface area is 152 Å². The van der Waals surface area contributed by atoms with Crippen molar-refractivity contribution in [3.63, 3.8) is 0 Å². The van der Waals surface area contributed by atoms with Gasteiger partial charge in [-0.25, -0.2) is 12.8 Å². The van der Waals surface area contributed by atoms with E-state index >= 15 is 0 Å². The molecular formula is C19H20FNO4S. The van der Waals surface area contributed by atoms with Gasteiger partial charge in [-0.1, -0.05) is 31.2 Å². The van der Waals surface area contributed by atoms with Gasteiger partial charge in [0.1, 0.15) is 11.9 Å². The van der Waals surface area contributed by atoms with Gasteiger partial charge < -0.3 is 5.11 Å². The molecule has 7 heteroatoms. The Morgan fingerprint density at radius 2 is 1.73 bits per heavy atom. The highest BCUT2D eigenvalue weighted by molar-refractivity contribution is 7.89. The van der Waals surface area contributed by atoms with Crippen LogP contribution in [0.3, 0.4) is 0 Å². The Morgan fingerprint density at radius 3 is 2.27 bits per heavy atom. The van der Waals surface area contributed by atoms with Crippen molar-refractivity contribution in [2.24, 2.45) is 0 Å². The minimum atomic E-state index is -4.01. The Kier molecular flexibility index (Phi) is 5.11. The van der Waals surface area contributed by atoms with Crippen LogP contribution in [-0.4, -0.2) is 29.8 Å². The van der Waals surface area contributed by atoms with Crippen molar-refractivity contribution in [3.05, 3.63) is 65.5 Å². The molecule has 2 aromatic carbocycles. The van der Waals surface area contributed by atoms with E-state index in [9.17, 15) is 22.7 Å². The Morgan fingerprint density at radius 1 is 1.12 bits per heavy atom. The number of aliphatic carboxylic acids is 1. The first-order chi connectivity index (χ1) is 12.3. The van der Waals surface area contributed by atoms with Crippen LogP contribution in [0.4, 0.5) is 4.39 Å². The first-order valence-electron chi connectivity index (χ1n) is 8.45. The number of aryl methyl sites for hydroxylation is 1. The summed E-state index contributed by atoms with van der Waals surface area (Å²) in [6.45, 7) is 1.97. The summed E-state index contributed by atoms with van der Waals surface area (Å²) < 4.78 is 40.7. The lowest BCUT2D eigenvalue weighted by Crippen LogP contribution is -2.41. The quantitative estimate of drug-likeness (QED) is 0.867. The van der Waals surface area contributed by atoms with Gasteiger partial charge in [0.15, 0.2) is 0 Å². The van der Waals surface area contributed by atoms with Crippen LogP contribution in [0.1, 0.15) is 36.9 Å². The van der Waals surface area contributed by atoms with E-state index in [0.29, 0.717) is 12.0 Å². The molecule has 0 radical (unpaired) electrons. The first-order valence-corrected chi connectivity index (χ1v) is 9.89. The fourth-order valence-corrected chi connectivity index (χ4v) is 5.19. The summed E-state index contributed by atoms with van der Waals surface area (Å²) in [6, 6.07) is 10.2. The molecule has 0 aliphatic carbocycles. The van der Waals surface area contributed by atoms with Crippen LogP contribution in [0.2, 0.25) is 0 Å². The number of hydrogen-bond donors (Lipinski definition) is 1. The summed E-state index contributed by atoms with van der Waals surface area (Å²) >= 11 is 0. The molecule has 1 saturated heterocycles. The molecule has 3 rings (SSSR count). The van der Waals surface area contributed by atoms with Gasteiger partial charge in [-0.3, -0.25) is 4.79 Å². The maximum absolute atomic E-state index is 13.2. The molecule has 1 aliphatic rings. The van der Waals surface area contributed by atoms with Gasteiger partial charge in [0.05, 0.1) is 10.9 Å². The monoisotopic (exact) mass is 377 g/mol. The van der Waals surface area contributed by atoms with Gasteiger partial charge in [0, 0.05) is 0 Å². The average Bonchev–Trinajstić information content (AvgIpc) is 3.08. The summed E-state index contributed by atoms with van der Waals surface area (Å²) in [5.41, 5.74) is 1.58. The zero-order valence-electron chi connectivity index (χ0n) is 14.3. The van der Waals surface area contributed by atoms with E-state index in [-0.39, 0.29) is 11.3 Å². The van der Waals surface area contributed by atoms with E-state index < -0.39 is 33.9 Å². The summed E-state index contributed by atoms with van der Waals surface area (Å²) in [6.07, 6.45) is 1.36. The fourth-order valence-electron chi connectivity index (χ4n) is 3.37. The highest BCUT2D eigenvalue weighted by Crippen LogP contribution is 2.40. The molecule has 26 heavy (non-hydrogen) atoms. The highest BCUT2D eigenvalue weighted by Gasteiger charge is 2.46. The maximum Gasteiger partial charge on any atom is 0.322 e. The largest absolute Gasteiger partial charge is 0.480 e. The van der Waals surface area contributed by atoms with Crippen molar-refractivity contribution >= 4 is 16.0 Å². The molecule has 1 N–H and O–H groups in total. The van der Waals surface area contributed by atoms with Crippen molar-refractivity contribution in [1.29, 1.82) is 0 Å². The third-order valence-electron chi connectivity index (χ3n) is 4.77. The molecule has 2 unspecified atom stereocenters. The second-order valence-electron chi connectivity index (χ2n) is 6.33. The number of rotatable bonds is 5. The molecule has 0 aromatic heterocycles. The highest BCUT2D eigenvalue weighted by atomic mass is 32.2. The van der Waals surface area contributed by atoms with E-state index in [0.717, 1.165) is 16.3 Å². The van der Waals surface area contributed by atoms with Gasteiger partial charge in [0.2, 0.25) is 10.0 Å². The number of carbonyl (C=O) groups is 1. The number of sulfonamides is 1. The van der Waals surface area contributed by atoms with Crippen molar-refractivity contribution in [2.75, 3.05) is 0 Å². The van der Waals surface area contributed by atoms with Crippen molar-refractivity contribution in [1.82, 2.24) is 4.31 Å². The molecule has 1 heterocycles. The second kappa shape index (κ2) is 7.17. The molecule has 0 saturated carbocycles. The van der Waals surface area contributed by atoms with E-state index in [1.54, 1.807) is 12.1 Å². The van der Waals surface area contributed by atoms with Crippen LogP contribution in [0.25, 0.3) is 0 Å². The predicted molar refractivity (Wildman–Crippen MR) is 94.6 cm³/mol. The number of carboxylic acid groups (broad SMARTS) is 1. The average molecular weight is 377 g/mol. The van der Waals surface area contributed by atoms with E-state index in [2.05, 4.69) is 0 Å². The molecule has 2 atom stereocenters. The Hall–Kier alpha value is -2.25. The topological polar surface area (TPSA) is 74.7 Å². The molecule has 1 aliphatic heterocycles. The van der Waals surface area contributed by atoms with Gasteiger partial charge in [-0.2, -0.15) is 4.31 Å². The molecule has 1 fully saturated rings. The van der Waals surface area contributed by atoms with Gasteiger partial charge in [-0.15, -0.1) is 0 Å². The van der Waals surface area contributed by atoms with E-state index in [1.165, 1.54) is 36.4 Å². The summed E-state index contributed by atoms with van der Waals surface area (Å²) in [7, 11) is -4.01. The van der Waals surface area contributed by atoms with Crippen molar-refractivity contribution in [2.45, 2.75) is 43.2 Å². The lowest BCUT2D eigenvalue weighted by Gasteiger charge is -2.28. The molecule has 0 bridgehead atoms. The standard InChI is InChI=1S/C19H20FNO4S/c1-2-13-3-9-16(10-4-13)26(24,25)21-17(11-12-18(21)19(22)23)14-5-7-15(20)8-6-14/h3-10,17-18H,2,11-12H2,1H3,(H,22,23). The minimum Gasteiger partial charge on any atom is -0.480 e. The molecule has 5 nitrogen and oxygen atoms in total. The molecule has 138 valence electrons. The van der Waals surface area contributed by atoms with Crippen LogP contribution in [0, 0.1) is 5.82 Å². The fraction of sp³-hybridized carbons (Fsp3) is 0.316. The van der Waals surface area contributed by atoms with E-state index in [4.69, 9.17) is 0 Å². The molecule has 0 spiro atoms. The number of carboxylic acids is 1. The maximum atomic E-state index is 13.2. The van der Waals surface area contributed by atoms with Crippen LogP contribution in [-0.2, 0) is 21.2 Å². The summed E-state index contributed by atoms with van der Waals surface area (Å²) in [5.74, 6) is -1.60. The zero-order valence-corrected chi connectivity index (χ0v) is 15.1. The third-order valence-corrected chi connectivity index (χ3v) is 6.71. The van der Waals surface area contributed by atoms with Crippen LogP contribution in [0.15, 0.2) is 53.4 Å². The zero-order chi connectivity index (χ0) is 18.9. The SMILES string of the molecule is CCc1ccc(S(=O)(=O)N2C(C(=O)O)CCC2c2ccc(F)cc2)cc1. The van der Waals surface area contributed by atoms with Gasteiger partial charge >= 0.3 is 5.97 Å². The summed E-state index contributed by atoms with van der Waals surface area (Å²) in [5, 5.41) is 9.52. The van der Waals surface area contributed by atoms with Gasteiger partial charge in [0.25, 0.3) is 0 Å². The van der Waals surface area contributed by atoms with Crippen LogP contribution >= 0.6 is 0 Å². The Bertz CT molecular complexity index is 894. The number of halogens is 1. The molecular weight excluding hydrogens is 357 g/mol. The number of hydrogen-bond acceptors (Lipinski definition) is 3. The number of benzene rings is 2. The Balaban J connectivity index is 2.04. The third kappa shape index (κ3) is 3.37. The molecule has 2 aromatic rings. The van der Waals surface area contributed by atoms with Crippen molar-refractivity contribution in [3.8, 4) is 0 Å². The van der Waals surface area contributed by atoms with Crippen molar-refractivity contribution < 1.29 is 22.7 Å². The lowest BCUT2D eigenvalue weighted by molar-refractivity contribution is -0.140. The second-order valence-corrected chi connectivity index (χ2v) is 8.17. The lowest BCUT2D eigenvalue weighted by atomic mass is 10.1. The van der Waals surface area contributed by atoms with E-state index in [1.807, 2.05) is 6.92 Å².